The van der Waals surface area contributed by atoms with Crippen molar-refractivity contribution in [3.05, 3.63) is 61.5 Å². The lowest BCUT2D eigenvalue weighted by atomic mass is 10.2. The van der Waals surface area contributed by atoms with E-state index in [1.807, 2.05) is 13.8 Å². The van der Waals surface area contributed by atoms with Crippen LogP contribution in [-0.2, 0) is 17.9 Å². The van der Waals surface area contributed by atoms with Crippen molar-refractivity contribution in [2.24, 2.45) is 0 Å². The van der Waals surface area contributed by atoms with Gasteiger partial charge in [0.1, 0.15) is 5.82 Å². The number of hydrogen-bond donors (Lipinski definition) is 2. The predicted molar refractivity (Wildman–Crippen MR) is 133 cm³/mol. The first-order valence-electron chi connectivity index (χ1n) is 11.8. The van der Waals surface area contributed by atoms with Crippen molar-refractivity contribution in [2.75, 3.05) is 17.2 Å². The van der Waals surface area contributed by atoms with E-state index >= 15 is 0 Å². The largest absolute Gasteiger partial charge is 0.383 e. The number of nitrogens with zero attached hydrogens (tertiary/aromatic N) is 4. The molecule has 34 heavy (non-hydrogen) atoms. The second-order valence-corrected chi connectivity index (χ2v) is 8.25. The SMILES string of the molecule is CCCCCN(C(=O)CCn1ncc(=O)c2ccccc21)c1c(N)n(CCCC)c(=O)[nH]c1=O. The van der Waals surface area contributed by atoms with Crippen molar-refractivity contribution in [2.45, 2.75) is 65.5 Å². The summed E-state index contributed by atoms with van der Waals surface area (Å²) in [6.07, 6.45) is 5.34. The molecule has 0 aliphatic rings. The number of fused-ring (bicyclic) bond motifs is 1. The lowest BCUT2D eigenvalue weighted by Crippen LogP contribution is -2.42. The molecule has 0 atom stereocenters. The number of aromatic nitrogens is 4. The zero-order valence-corrected chi connectivity index (χ0v) is 19.7. The van der Waals surface area contributed by atoms with Crippen LogP contribution in [0.25, 0.3) is 10.9 Å². The van der Waals surface area contributed by atoms with Crippen LogP contribution in [0.4, 0.5) is 11.5 Å². The standard InChI is InChI=1S/C24H32N6O4/c1-3-5-9-14-28(21-22(25)29(13-6-4-2)24(34)27-23(21)33)20(32)12-15-30-18-11-8-7-10-17(18)19(31)16-26-30/h7-8,10-11,16H,3-6,9,12-15,25H2,1-2H3,(H,27,33,34). The fourth-order valence-electron chi connectivity index (χ4n) is 3.93. The molecule has 0 saturated carbocycles. The van der Waals surface area contributed by atoms with Gasteiger partial charge in [-0.25, -0.2) is 4.79 Å². The van der Waals surface area contributed by atoms with Crippen LogP contribution < -0.4 is 27.3 Å². The van der Waals surface area contributed by atoms with E-state index in [-0.39, 0.29) is 35.8 Å². The van der Waals surface area contributed by atoms with Gasteiger partial charge in [0.2, 0.25) is 11.3 Å². The number of nitrogen functional groups attached to an aromatic ring is 1. The number of H-pyrrole nitrogens is 1. The van der Waals surface area contributed by atoms with Gasteiger partial charge in [-0.05, 0) is 25.0 Å². The summed E-state index contributed by atoms with van der Waals surface area (Å²) in [4.78, 5) is 54.2. The molecule has 3 rings (SSSR count). The van der Waals surface area contributed by atoms with Gasteiger partial charge in [0.25, 0.3) is 5.56 Å². The molecule has 3 aromatic rings. The number of para-hydroxylation sites is 1. The number of unbranched alkanes of at least 4 members (excludes halogenated alkanes) is 3. The van der Waals surface area contributed by atoms with Crippen LogP contribution in [0, 0.1) is 0 Å². The zero-order valence-electron chi connectivity index (χ0n) is 19.7. The Bertz CT molecular complexity index is 1320. The maximum atomic E-state index is 13.4. The monoisotopic (exact) mass is 468 g/mol. The predicted octanol–water partition coefficient (Wildman–Crippen LogP) is 2.24. The Kier molecular flexibility index (Phi) is 8.39. The summed E-state index contributed by atoms with van der Waals surface area (Å²) < 4.78 is 2.92. The Morgan fingerprint density at radius 3 is 2.53 bits per heavy atom. The molecule has 2 heterocycles. The topological polar surface area (TPSA) is 136 Å². The van der Waals surface area contributed by atoms with E-state index in [9.17, 15) is 19.2 Å². The van der Waals surface area contributed by atoms with Crippen molar-refractivity contribution in [1.29, 1.82) is 0 Å². The van der Waals surface area contributed by atoms with Gasteiger partial charge in [-0.2, -0.15) is 5.10 Å². The number of nitrogens with two attached hydrogens (primary N) is 1. The number of aromatic amines is 1. The van der Waals surface area contributed by atoms with E-state index in [0.717, 1.165) is 19.3 Å². The molecule has 0 spiro atoms. The number of nitrogens with one attached hydrogen (secondary N) is 1. The third-order valence-corrected chi connectivity index (χ3v) is 5.81. The Labute approximate surface area is 197 Å². The average molecular weight is 469 g/mol. The second-order valence-electron chi connectivity index (χ2n) is 8.25. The average Bonchev–Trinajstić information content (AvgIpc) is 2.82. The van der Waals surface area contributed by atoms with Crippen molar-refractivity contribution in [1.82, 2.24) is 19.3 Å². The van der Waals surface area contributed by atoms with Crippen LogP contribution in [0.3, 0.4) is 0 Å². The maximum Gasteiger partial charge on any atom is 0.330 e. The van der Waals surface area contributed by atoms with E-state index in [4.69, 9.17) is 5.73 Å². The first-order chi connectivity index (χ1) is 16.4. The summed E-state index contributed by atoms with van der Waals surface area (Å²) in [6.45, 7) is 4.92. The number of hydrogen-bond acceptors (Lipinski definition) is 6. The van der Waals surface area contributed by atoms with Gasteiger partial charge >= 0.3 is 5.69 Å². The van der Waals surface area contributed by atoms with Crippen molar-refractivity contribution in [3.8, 4) is 0 Å². The molecular weight excluding hydrogens is 436 g/mol. The molecule has 0 radical (unpaired) electrons. The number of carbonyl (C=O) groups excluding carboxylic acids is 1. The summed E-state index contributed by atoms with van der Waals surface area (Å²) in [6, 6.07) is 7.07. The smallest absolute Gasteiger partial charge is 0.330 e. The van der Waals surface area contributed by atoms with Crippen molar-refractivity contribution >= 4 is 28.3 Å². The van der Waals surface area contributed by atoms with Crippen LogP contribution in [0.2, 0.25) is 0 Å². The van der Waals surface area contributed by atoms with E-state index < -0.39 is 11.2 Å². The van der Waals surface area contributed by atoms with E-state index in [1.54, 1.807) is 28.9 Å². The van der Waals surface area contributed by atoms with Crippen molar-refractivity contribution in [3.63, 3.8) is 0 Å². The van der Waals surface area contributed by atoms with Crippen LogP contribution in [-0.4, -0.2) is 31.8 Å². The first-order valence-corrected chi connectivity index (χ1v) is 11.8. The summed E-state index contributed by atoms with van der Waals surface area (Å²) >= 11 is 0. The van der Waals surface area contributed by atoms with Crippen LogP contribution in [0.1, 0.15) is 52.4 Å². The summed E-state index contributed by atoms with van der Waals surface area (Å²) in [7, 11) is 0. The van der Waals surface area contributed by atoms with Gasteiger partial charge in [-0.3, -0.25) is 28.6 Å². The summed E-state index contributed by atoms with van der Waals surface area (Å²) in [5, 5.41) is 4.70. The van der Waals surface area contributed by atoms with Gasteiger partial charge < -0.3 is 10.6 Å². The molecule has 10 nitrogen and oxygen atoms in total. The molecule has 10 heteroatoms. The molecule has 0 aliphatic carbocycles. The van der Waals surface area contributed by atoms with Crippen LogP contribution in [0.5, 0.6) is 0 Å². The first kappa shape index (κ1) is 24.9. The number of anilines is 2. The minimum Gasteiger partial charge on any atom is -0.383 e. The second kappa shape index (κ2) is 11.4. The summed E-state index contributed by atoms with van der Waals surface area (Å²) in [5.41, 5.74) is 5.46. The fourth-order valence-corrected chi connectivity index (χ4v) is 3.93. The highest BCUT2D eigenvalue weighted by atomic mass is 16.2. The molecule has 0 unspecified atom stereocenters. The number of rotatable bonds is 11. The lowest BCUT2D eigenvalue weighted by Gasteiger charge is -2.25. The molecule has 1 aromatic carbocycles. The zero-order chi connectivity index (χ0) is 24.7. The van der Waals surface area contributed by atoms with Gasteiger partial charge in [-0.15, -0.1) is 0 Å². The van der Waals surface area contributed by atoms with Gasteiger partial charge in [0, 0.05) is 24.9 Å². The molecule has 2 aromatic heterocycles. The minimum atomic E-state index is -0.674. The Balaban J connectivity index is 1.93. The maximum absolute atomic E-state index is 13.4. The van der Waals surface area contributed by atoms with E-state index in [0.29, 0.717) is 36.8 Å². The number of aryl methyl sites for hydroxylation is 1. The van der Waals surface area contributed by atoms with Crippen LogP contribution in [0.15, 0.2) is 44.8 Å². The van der Waals surface area contributed by atoms with E-state index in [1.165, 1.54) is 15.7 Å². The Morgan fingerprint density at radius 1 is 1.06 bits per heavy atom. The molecule has 0 bridgehead atoms. The molecule has 1 amide bonds. The Morgan fingerprint density at radius 2 is 1.79 bits per heavy atom. The molecule has 0 fully saturated rings. The molecule has 182 valence electrons. The van der Waals surface area contributed by atoms with Gasteiger partial charge in [0.15, 0.2) is 5.69 Å². The normalized spacial score (nSPS) is 11.1. The fraction of sp³-hybridized carbons (Fsp3) is 0.458. The third kappa shape index (κ3) is 5.44. The highest BCUT2D eigenvalue weighted by Crippen LogP contribution is 2.20. The molecule has 0 aliphatic heterocycles. The van der Waals surface area contributed by atoms with Gasteiger partial charge in [-0.1, -0.05) is 45.2 Å². The number of carbonyl (C=O) groups is 1. The summed E-state index contributed by atoms with van der Waals surface area (Å²) in [5.74, 6) is -0.308. The number of benzene rings is 1. The minimum absolute atomic E-state index is 0.000941. The number of amides is 1. The van der Waals surface area contributed by atoms with Crippen molar-refractivity contribution < 1.29 is 4.79 Å². The highest BCUT2D eigenvalue weighted by Gasteiger charge is 2.24. The van der Waals surface area contributed by atoms with Gasteiger partial charge in [0.05, 0.1) is 18.3 Å². The molecule has 3 N–H and O–H groups in total. The third-order valence-electron chi connectivity index (χ3n) is 5.81. The molecular formula is C24H32N6O4. The van der Waals surface area contributed by atoms with Crippen LogP contribution >= 0.6 is 0 Å². The Hall–Kier alpha value is -3.69. The lowest BCUT2D eigenvalue weighted by molar-refractivity contribution is -0.118. The highest BCUT2D eigenvalue weighted by molar-refractivity contribution is 5.95. The van der Waals surface area contributed by atoms with E-state index in [2.05, 4.69) is 10.1 Å². The quantitative estimate of drug-likeness (QED) is 0.414. The molecule has 0 saturated heterocycles.